The van der Waals surface area contributed by atoms with Crippen LogP contribution in [0.5, 0.6) is 0 Å². The standard InChI is InChI=1S/C25H50N2.C2H6/c1-20(21(2,3)4)18-24(10,11)26-14-16-27(17-15-26)25(12,13)19-23(8,9)22(5,6)7;1-2/h18H,14-17,19H2,1-13H3;1-2H3. The van der Waals surface area contributed by atoms with Crippen LogP contribution in [0.25, 0.3) is 0 Å². The summed E-state index contributed by atoms with van der Waals surface area (Å²) in [4.78, 5) is 5.40. The summed E-state index contributed by atoms with van der Waals surface area (Å²) >= 11 is 0. The highest BCUT2D eigenvalue weighted by Crippen LogP contribution is 2.45. The molecule has 0 unspecified atom stereocenters. The van der Waals surface area contributed by atoms with Gasteiger partial charge in [0.25, 0.3) is 0 Å². The Morgan fingerprint density at radius 1 is 0.690 bits per heavy atom. The van der Waals surface area contributed by atoms with Crippen molar-refractivity contribution in [1.82, 2.24) is 9.80 Å². The van der Waals surface area contributed by atoms with E-state index in [1.54, 1.807) is 0 Å². The third kappa shape index (κ3) is 8.02. The van der Waals surface area contributed by atoms with Gasteiger partial charge in [-0.2, -0.15) is 0 Å². The molecule has 29 heavy (non-hydrogen) atoms. The summed E-state index contributed by atoms with van der Waals surface area (Å²) in [6.45, 7) is 39.5. The van der Waals surface area contributed by atoms with Crippen LogP contribution < -0.4 is 0 Å². The van der Waals surface area contributed by atoms with Crippen molar-refractivity contribution in [2.75, 3.05) is 26.2 Å². The minimum absolute atomic E-state index is 0.123. The van der Waals surface area contributed by atoms with Crippen molar-refractivity contribution in [3.05, 3.63) is 11.6 Å². The molecule has 1 rings (SSSR count). The second kappa shape index (κ2) is 9.86. The van der Waals surface area contributed by atoms with E-state index in [2.05, 4.69) is 106 Å². The van der Waals surface area contributed by atoms with Crippen molar-refractivity contribution in [2.24, 2.45) is 16.2 Å². The van der Waals surface area contributed by atoms with Gasteiger partial charge in [0.1, 0.15) is 0 Å². The Morgan fingerprint density at radius 3 is 1.41 bits per heavy atom. The van der Waals surface area contributed by atoms with E-state index < -0.39 is 0 Å². The fourth-order valence-corrected chi connectivity index (χ4v) is 4.18. The Labute approximate surface area is 185 Å². The molecule has 1 heterocycles. The number of allylic oxidation sites excluding steroid dienone is 1. The van der Waals surface area contributed by atoms with Gasteiger partial charge in [0.05, 0.1) is 0 Å². The van der Waals surface area contributed by atoms with Gasteiger partial charge in [0.15, 0.2) is 0 Å². The van der Waals surface area contributed by atoms with E-state index in [1.165, 1.54) is 25.1 Å². The van der Waals surface area contributed by atoms with Crippen LogP contribution in [0.1, 0.15) is 110 Å². The second-order valence-corrected chi connectivity index (χ2v) is 12.8. The Balaban J connectivity index is 0.00000379. The number of hydrogen-bond donors (Lipinski definition) is 0. The molecular formula is C27H56N2. The minimum atomic E-state index is 0.123. The number of nitrogens with zero attached hydrogens (tertiary/aromatic N) is 2. The van der Waals surface area contributed by atoms with Gasteiger partial charge < -0.3 is 0 Å². The minimum Gasteiger partial charge on any atom is -0.296 e. The maximum atomic E-state index is 2.73. The molecular weight excluding hydrogens is 352 g/mol. The summed E-state index contributed by atoms with van der Waals surface area (Å²) in [6.07, 6.45) is 3.73. The number of piperazine rings is 1. The molecule has 0 saturated carbocycles. The Morgan fingerprint density at radius 2 is 1.07 bits per heavy atom. The van der Waals surface area contributed by atoms with Crippen molar-refractivity contribution in [3.63, 3.8) is 0 Å². The molecule has 0 aliphatic carbocycles. The zero-order valence-electron chi connectivity index (χ0n) is 23.0. The van der Waals surface area contributed by atoms with Gasteiger partial charge in [-0.15, -0.1) is 0 Å². The third-order valence-corrected chi connectivity index (χ3v) is 7.61. The summed E-state index contributed by atoms with van der Waals surface area (Å²) in [5.41, 5.74) is 2.74. The highest BCUT2D eigenvalue weighted by molar-refractivity contribution is 5.16. The average molecular weight is 409 g/mol. The lowest BCUT2D eigenvalue weighted by Crippen LogP contribution is -2.59. The smallest absolute Gasteiger partial charge is 0.0338 e. The quantitative estimate of drug-likeness (QED) is 0.431. The molecule has 2 heteroatoms. The van der Waals surface area contributed by atoms with Crippen LogP contribution in [-0.4, -0.2) is 47.1 Å². The Hall–Kier alpha value is -0.340. The summed E-state index contributed by atoms with van der Waals surface area (Å²) in [5.74, 6) is 0. The van der Waals surface area contributed by atoms with Gasteiger partial charge in [-0.1, -0.05) is 80.9 Å². The lowest BCUT2D eigenvalue weighted by atomic mass is 9.64. The molecule has 174 valence electrons. The van der Waals surface area contributed by atoms with Crippen LogP contribution in [0.3, 0.4) is 0 Å². The van der Waals surface area contributed by atoms with Gasteiger partial charge in [0.2, 0.25) is 0 Å². The lowest BCUT2D eigenvalue weighted by Gasteiger charge is -2.52. The molecule has 0 N–H and O–H groups in total. The first-order chi connectivity index (χ1) is 12.8. The van der Waals surface area contributed by atoms with Gasteiger partial charge in [-0.05, 0) is 57.3 Å². The van der Waals surface area contributed by atoms with Crippen LogP contribution in [0.4, 0.5) is 0 Å². The van der Waals surface area contributed by atoms with E-state index in [1.807, 2.05) is 13.8 Å². The van der Waals surface area contributed by atoms with Crippen LogP contribution in [0.15, 0.2) is 11.6 Å². The van der Waals surface area contributed by atoms with Gasteiger partial charge >= 0.3 is 0 Å². The van der Waals surface area contributed by atoms with Crippen LogP contribution >= 0.6 is 0 Å². The van der Waals surface area contributed by atoms with Gasteiger partial charge in [-0.25, -0.2) is 0 Å². The molecule has 0 aromatic heterocycles. The molecule has 0 spiro atoms. The van der Waals surface area contributed by atoms with Crippen LogP contribution in [-0.2, 0) is 0 Å². The largest absolute Gasteiger partial charge is 0.296 e. The molecule has 0 atom stereocenters. The maximum absolute atomic E-state index is 2.73. The molecule has 2 nitrogen and oxygen atoms in total. The molecule has 0 radical (unpaired) electrons. The molecule has 0 aromatic rings. The summed E-state index contributed by atoms with van der Waals surface area (Å²) in [6, 6.07) is 0. The molecule has 1 aliphatic rings. The van der Waals surface area contributed by atoms with E-state index >= 15 is 0 Å². The predicted molar refractivity (Wildman–Crippen MR) is 134 cm³/mol. The summed E-state index contributed by atoms with van der Waals surface area (Å²) in [5, 5.41) is 0. The first kappa shape index (κ1) is 28.7. The first-order valence-corrected chi connectivity index (χ1v) is 12.0. The lowest BCUT2D eigenvalue weighted by molar-refractivity contribution is -0.0171. The summed E-state index contributed by atoms with van der Waals surface area (Å²) in [7, 11) is 0. The van der Waals surface area contributed by atoms with Crippen molar-refractivity contribution >= 4 is 0 Å². The van der Waals surface area contributed by atoms with Crippen LogP contribution in [0, 0.1) is 16.2 Å². The fraction of sp³-hybridized carbons (Fsp3) is 0.926. The average Bonchev–Trinajstić information content (AvgIpc) is 2.53. The van der Waals surface area contributed by atoms with Gasteiger partial charge in [0, 0.05) is 37.3 Å². The van der Waals surface area contributed by atoms with E-state index in [9.17, 15) is 0 Å². The zero-order chi connectivity index (χ0) is 23.5. The van der Waals surface area contributed by atoms with Crippen LogP contribution in [0.2, 0.25) is 0 Å². The predicted octanol–water partition coefficient (Wildman–Crippen LogP) is 7.64. The van der Waals surface area contributed by atoms with E-state index in [0.717, 1.165) is 13.1 Å². The van der Waals surface area contributed by atoms with E-state index in [0.29, 0.717) is 10.8 Å². The monoisotopic (exact) mass is 408 g/mol. The van der Waals surface area contributed by atoms with Crippen molar-refractivity contribution < 1.29 is 0 Å². The van der Waals surface area contributed by atoms with Gasteiger partial charge in [-0.3, -0.25) is 9.80 Å². The van der Waals surface area contributed by atoms with Crippen molar-refractivity contribution in [2.45, 2.75) is 121 Å². The van der Waals surface area contributed by atoms with Crippen molar-refractivity contribution in [3.8, 4) is 0 Å². The molecule has 1 fully saturated rings. The normalized spacial score (nSPS) is 19.1. The zero-order valence-corrected chi connectivity index (χ0v) is 23.0. The topological polar surface area (TPSA) is 6.48 Å². The Kier molecular flexibility index (Phi) is 9.74. The van der Waals surface area contributed by atoms with E-state index in [-0.39, 0.29) is 16.5 Å². The highest BCUT2D eigenvalue weighted by atomic mass is 15.3. The van der Waals surface area contributed by atoms with Crippen molar-refractivity contribution in [1.29, 1.82) is 0 Å². The fourth-order valence-electron chi connectivity index (χ4n) is 4.18. The molecule has 1 aliphatic heterocycles. The maximum Gasteiger partial charge on any atom is 0.0338 e. The number of hydrogen-bond acceptors (Lipinski definition) is 2. The second-order valence-electron chi connectivity index (χ2n) is 12.8. The molecule has 1 saturated heterocycles. The third-order valence-electron chi connectivity index (χ3n) is 7.61. The Bertz CT molecular complexity index is 516. The molecule has 0 amide bonds. The highest BCUT2D eigenvalue weighted by Gasteiger charge is 2.41. The molecule has 0 bridgehead atoms. The van der Waals surface area contributed by atoms with E-state index in [4.69, 9.17) is 0 Å². The number of rotatable bonds is 5. The SMILES string of the molecule is CC.CC(=CC(C)(C)N1CCN(C(C)(C)CC(C)(C)C(C)(C)C)CC1)C(C)(C)C. The summed E-state index contributed by atoms with van der Waals surface area (Å²) < 4.78 is 0. The first-order valence-electron chi connectivity index (χ1n) is 12.0. The molecule has 0 aromatic carbocycles.